The second kappa shape index (κ2) is 15.7. The van der Waals surface area contributed by atoms with E-state index >= 15 is 0 Å². The average Bonchev–Trinajstić information content (AvgIpc) is 3.95. The number of fused-ring (bicyclic) bond motifs is 3. The van der Waals surface area contributed by atoms with Gasteiger partial charge < -0.3 is 15.2 Å². The highest BCUT2D eigenvalue weighted by atomic mass is 19.1. The molecule has 3 N–H and O–H groups in total. The van der Waals surface area contributed by atoms with Crippen LogP contribution in [-0.4, -0.2) is 72.8 Å². The Bertz CT molecular complexity index is 2440. The summed E-state index contributed by atoms with van der Waals surface area (Å²) in [5.41, 5.74) is 5.63. The van der Waals surface area contributed by atoms with Crippen molar-refractivity contribution in [2.45, 2.75) is 96.3 Å². The largest absolute Gasteiger partial charge is 0.357 e. The first-order chi connectivity index (χ1) is 27.1. The van der Waals surface area contributed by atoms with E-state index in [9.17, 15) is 23.6 Å². The Labute approximate surface area is 324 Å². The molecule has 4 amide bonds. The molecule has 3 aromatic heterocycles. The number of halogens is 1. The molecule has 12 nitrogen and oxygen atoms in total. The van der Waals surface area contributed by atoms with Crippen molar-refractivity contribution in [1.29, 1.82) is 0 Å². The first-order valence-electron chi connectivity index (χ1n) is 19.6. The van der Waals surface area contributed by atoms with Crippen molar-refractivity contribution in [2.75, 3.05) is 18.9 Å². The van der Waals surface area contributed by atoms with E-state index in [2.05, 4.69) is 50.5 Å². The van der Waals surface area contributed by atoms with E-state index in [4.69, 9.17) is 5.10 Å². The van der Waals surface area contributed by atoms with Crippen molar-refractivity contribution in [3.05, 3.63) is 88.1 Å². The highest BCUT2D eigenvalue weighted by molar-refractivity contribution is 6.07. The number of piperidine rings is 1. The van der Waals surface area contributed by atoms with E-state index in [1.54, 1.807) is 12.3 Å². The maximum atomic E-state index is 14.9. The Kier molecular flexibility index (Phi) is 10.4. The number of hydrogen-bond acceptors (Lipinski definition) is 7. The number of pyridine rings is 1. The molecule has 3 aliphatic heterocycles. The molecular weight excluding hydrogens is 712 g/mol. The van der Waals surface area contributed by atoms with E-state index in [0.29, 0.717) is 29.4 Å². The number of likely N-dealkylation sites (tertiary alicyclic amines) is 1. The van der Waals surface area contributed by atoms with Gasteiger partial charge in [0.1, 0.15) is 17.7 Å². The van der Waals surface area contributed by atoms with E-state index in [0.717, 1.165) is 79.1 Å². The summed E-state index contributed by atoms with van der Waals surface area (Å²) in [6.07, 6.45) is 10.0. The summed E-state index contributed by atoms with van der Waals surface area (Å²) in [5.74, 6) is 4.47. The van der Waals surface area contributed by atoms with Gasteiger partial charge in [0, 0.05) is 71.8 Å². The Morgan fingerprint density at radius 3 is 2.68 bits per heavy atom. The number of imide groups is 1. The zero-order valence-corrected chi connectivity index (χ0v) is 31.7. The van der Waals surface area contributed by atoms with Crippen molar-refractivity contribution in [3.8, 4) is 11.8 Å². The van der Waals surface area contributed by atoms with Crippen LogP contribution in [0.2, 0.25) is 0 Å². The number of hydrogen-bond donors (Lipinski definition) is 3. The van der Waals surface area contributed by atoms with E-state index < -0.39 is 23.7 Å². The monoisotopic (exact) mass is 756 g/mol. The molecule has 5 aromatic rings. The van der Waals surface area contributed by atoms with Gasteiger partial charge in [-0.15, -0.1) is 0 Å². The van der Waals surface area contributed by atoms with Gasteiger partial charge in [-0.1, -0.05) is 37.2 Å². The van der Waals surface area contributed by atoms with Crippen molar-refractivity contribution in [3.63, 3.8) is 0 Å². The summed E-state index contributed by atoms with van der Waals surface area (Å²) in [6.45, 7) is 3.99. The number of amides is 4. The molecule has 2 aromatic carbocycles. The molecule has 6 heterocycles. The minimum absolute atomic E-state index is 0.164. The number of carbonyl (C=O) groups excluding carboxylic acids is 4. The van der Waals surface area contributed by atoms with Gasteiger partial charge in [0.15, 0.2) is 0 Å². The van der Waals surface area contributed by atoms with E-state index in [1.165, 1.54) is 23.1 Å². The fraction of sp³-hybridized carbons (Fsp3) is 0.395. The Morgan fingerprint density at radius 2 is 1.86 bits per heavy atom. The molecule has 0 spiro atoms. The van der Waals surface area contributed by atoms with Gasteiger partial charge in [0.05, 0.1) is 22.3 Å². The van der Waals surface area contributed by atoms with Crippen LogP contribution in [0.4, 0.5) is 10.2 Å². The number of anilines is 1. The SMILES string of the molecule is Cc1nn(CCCCCCCC#Cc2cc3c(cc2F)C(=O)N(C2CCC(=O)NC2=O)C3)c2cc(C(=O)Nc3cc4[nH]c([C@H]5CCCN5C)cc4cn3)ccc12. The molecule has 3 aliphatic rings. The number of nitrogens with zero attached hydrogens (tertiary/aromatic N) is 5. The number of unbranched alkanes of at least 4 members (excludes halogenated alkanes) is 5. The minimum Gasteiger partial charge on any atom is -0.357 e. The summed E-state index contributed by atoms with van der Waals surface area (Å²) in [7, 11) is 2.15. The van der Waals surface area contributed by atoms with Crippen molar-refractivity contribution in [1.82, 2.24) is 34.9 Å². The first kappa shape index (κ1) is 37.1. The second-order valence-electron chi connectivity index (χ2n) is 15.2. The smallest absolute Gasteiger partial charge is 0.256 e. The lowest BCUT2D eigenvalue weighted by Gasteiger charge is -2.29. The normalized spacial score (nSPS) is 18.4. The summed E-state index contributed by atoms with van der Waals surface area (Å²) < 4.78 is 16.9. The molecule has 56 heavy (non-hydrogen) atoms. The second-order valence-corrected chi connectivity index (χ2v) is 15.2. The topological polar surface area (TPSA) is 145 Å². The lowest BCUT2D eigenvalue weighted by Crippen LogP contribution is -2.52. The maximum absolute atomic E-state index is 14.9. The zero-order valence-electron chi connectivity index (χ0n) is 31.7. The summed E-state index contributed by atoms with van der Waals surface area (Å²) in [5, 5.41) is 12.1. The lowest BCUT2D eigenvalue weighted by atomic mass is 10.0. The van der Waals surface area contributed by atoms with Crippen LogP contribution < -0.4 is 10.6 Å². The summed E-state index contributed by atoms with van der Waals surface area (Å²) in [4.78, 5) is 61.9. The van der Waals surface area contributed by atoms with Gasteiger partial charge in [0.25, 0.3) is 11.8 Å². The van der Waals surface area contributed by atoms with Gasteiger partial charge >= 0.3 is 0 Å². The molecule has 1 unspecified atom stereocenters. The predicted octanol–water partition coefficient (Wildman–Crippen LogP) is 6.53. The minimum atomic E-state index is -0.743. The number of benzene rings is 2. The van der Waals surface area contributed by atoms with Crippen molar-refractivity contribution < 1.29 is 23.6 Å². The molecule has 2 atom stereocenters. The van der Waals surface area contributed by atoms with Crippen LogP contribution in [0.15, 0.2) is 48.7 Å². The van der Waals surface area contributed by atoms with Gasteiger partial charge in [0.2, 0.25) is 11.8 Å². The van der Waals surface area contributed by atoms with Crippen molar-refractivity contribution in [2.24, 2.45) is 0 Å². The quantitative estimate of drug-likeness (QED) is 0.0790. The molecule has 288 valence electrons. The molecule has 8 rings (SSSR count). The number of aromatic nitrogens is 4. The van der Waals surface area contributed by atoms with Gasteiger partial charge in [-0.05, 0) is 88.5 Å². The van der Waals surface area contributed by atoms with Crippen LogP contribution in [0, 0.1) is 24.6 Å². The van der Waals surface area contributed by atoms with Crippen LogP contribution in [0.1, 0.15) is 113 Å². The molecule has 2 fully saturated rings. The molecule has 0 bridgehead atoms. The third-order valence-corrected chi connectivity index (χ3v) is 11.4. The standard InChI is InChI=1S/C43H45FN8O4/c1-26-31-14-13-28(41(54)47-39-23-34-29(24-45-39)20-35(46-34)36-12-10-17-50(36)2)21-38(31)52(49-26)18-9-7-5-3-4-6-8-11-27-19-30-25-51(43(56)32(30)22-33(27)44)37-15-16-40(53)48-42(37)55/h13-14,19-24,36-37,46H,3-7,9-10,12,15-18,25H2,1-2H3,(H,45,47,54)(H,48,53,55)/t36-,37?/m1/s1. The van der Waals surface area contributed by atoms with Gasteiger partial charge in [-0.25, -0.2) is 9.37 Å². The first-order valence-corrected chi connectivity index (χ1v) is 19.6. The van der Waals surface area contributed by atoms with Crippen LogP contribution >= 0.6 is 0 Å². The molecular formula is C43H45FN8O4. The third-order valence-electron chi connectivity index (χ3n) is 11.4. The molecule has 2 saturated heterocycles. The highest BCUT2D eigenvalue weighted by Gasteiger charge is 2.39. The fourth-order valence-electron chi connectivity index (χ4n) is 8.29. The number of aryl methyl sites for hydroxylation is 2. The van der Waals surface area contributed by atoms with Crippen LogP contribution in [-0.2, 0) is 22.7 Å². The Balaban J connectivity index is 0.803. The maximum Gasteiger partial charge on any atom is 0.256 e. The predicted molar refractivity (Wildman–Crippen MR) is 210 cm³/mol. The average molecular weight is 757 g/mol. The molecule has 0 radical (unpaired) electrons. The third kappa shape index (κ3) is 7.53. The number of rotatable bonds is 11. The molecule has 13 heteroatoms. The fourth-order valence-corrected chi connectivity index (χ4v) is 8.29. The number of aromatic amines is 1. The lowest BCUT2D eigenvalue weighted by molar-refractivity contribution is -0.136. The van der Waals surface area contributed by atoms with E-state index in [1.807, 2.05) is 35.9 Å². The highest BCUT2D eigenvalue weighted by Crippen LogP contribution is 2.33. The van der Waals surface area contributed by atoms with Crippen LogP contribution in [0.3, 0.4) is 0 Å². The van der Waals surface area contributed by atoms with E-state index in [-0.39, 0.29) is 42.3 Å². The number of H-pyrrole nitrogens is 1. The van der Waals surface area contributed by atoms with Crippen molar-refractivity contribution >= 4 is 51.3 Å². The Morgan fingerprint density at radius 1 is 1.02 bits per heavy atom. The molecule has 0 saturated carbocycles. The number of nitrogens with one attached hydrogen (secondary N) is 3. The summed E-state index contributed by atoms with van der Waals surface area (Å²) in [6, 6.07) is 12.2. The van der Waals surface area contributed by atoms with Crippen LogP contribution in [0.25, 0.3) is 21.8 Å². The molecule has 0 aliphatic carbocycles. The zero-order chi connectivity index (χ0) is 38.9. The Hall–Kier alpha value is -5.87. The number of carbonyl (C=O) groups is 4. The van der Waals surface area contributed by atoms with Crippen LogP contribution in [0.5, 0.6) is 0 Å². The van der Waals surface area contributed by atoms with Gasteiger partial charge in [-0.3, -0.25) is 34.1 Å². The van der Waals surface area contributed by atoms with Gasteiger partial charge in [-0.2, -0.15) is 5.10 Å². The summed E-state index contributed by atoms with van der Waals surface area (Å²) >= 11 is 0.